The van der Waals surface area contributed by atoms with E-state index in [1.807, 2.05) is 0 Å². The molecule has 0 heterocycles. The van der Waals surface area contributed by atoms with Crippen LogP contribution in [-0.2, 0) is 6.54 Å². The summed E-state index contributed by atoms with van der Waals surface area (Å²) in [6.07, 6.45) is 0. The molecule has 0 aromatic heterocycles. The fraction of sp³-hybridized carbons (Fsp3) is 0.368. The van der Waals surface area contributed by atoms with Crippen molar-refractivity contribution in [3.8, 4) is 0 Å². The van der Waals surface area contributed by atoms with Crippen LogP contribution in [0.4, 0.5) is 0 Å². The van der Waals surface area contributed by atoms with Crippen LogP contribution in [0.3, 0.4) is 0 Å². The Balaban J connectivity index is 2.13. The molecule has 0 aliphatic carbocycles. The molecule has 106 valence electrons. The van der Waals surface area contributed by atoms with E-state index in [1.165, 1.54) is 33.4 Å². The molecule has 2 rings (SSSR count). The van der Waals surface area contributed by atoms with Crippen molar-refractivity contribution < 1.29 is 0 Å². The molecule has 0 saturated carbocycles. The first-order chi connectivity index (χ1) is 9.49. The molecule has 0 aliphatic heterocycles. The van der Waals surface area contributed by atoms with Crippen LogP contribution in [0.2, 0.25) is 0 Å². The molecule has 2 aromatic carbocycles. The van der Waals surface area contributed by atoms with Gasteiger partial charge in [-0.25, -0.2) is 0 Å². The molecule has 1 nitrogen and oxygen atoms in total. The van der Waals surface area contributed by atoms with E-state index in [0.717, 1.165) is 6.54 Å². The number of aryl methyl sites for hydroxylation is 4. The van der Waals surface area contributed by atoms with Crippen molar-refractivity contribution >= 4 is 0 Å². The van der Waals surface area contributed by atoms with Gasteiger partial charge in [-0.2, -0.15) is 0 Å². The highest BCUT2D eigenvalue weighted by atomic mass is 14.9. The summed E-state index contributed by atoms with van der Waals surface area (Å²) in [5.41, 5.74) is 8.27. The van der Waals surface area contributed by atoms with E-state index >= 15 is 0 Å². The van der Waals surface area contributed by atoms with Crippen molar-refractivity contribution in [1.29, 1.82) is 0 Å². The van der Waals surface area contributed by atoms with Crippen LogP contribution in [0.5, 0.6) is 0 Å². The minimum Gasteiger partial charge on any atom is -0.306 e. The zero-order valence-electron chi connectivity index (χ0n) is 13.2. The summed E-state index contributed by atoms with van der Waals surface area (Å²) in [6, 6.07) is 13.5. The van der Waals surface area contributed by atoms with Crippen molar-refractivity contribution in [3.63, 3.8) is 0 Å². The Hall–Kier alpha value is -1.60. The fourth-order valence-corrected chi connectivity index (χ4v) is 3.05. The van der Waals surface area contributed by atoms with Gasteiger partial charge in [-0.3, -0.25) is 0 Å². The minimum atomic E-state index is 0.371. The lowest BCUT2D eigenvalue weighted by Gasteiger charge is -2.20. The van der Waals surface area contributed by atoms with Gasteiger partial charge in [-0.1, -0.05) is 42.0 Å². The number of hydrogen-bond acceptors (Lipinski definition) is 1. The molecule has 0 amide bonds. The molecule has 20 heavy (non-hydrogen) atoms. The maximum absolute atomic E-state index is 3.66. The van der Waals surface area contributed by atoms with Gasteiger partial charge in [0.1, 0.15) is 0 Å². The van der Waals surface area contributed by atoms with Gasteiger partial charge in [-0.05, 0) is 62.4 Å². The molecule has 2 aromatic rings. The van der Waals surface area contributed by atoms with Gasteiger partial charge in [0, 0.05) is 12.6 Å². The van der Waals surface area contributed by atoms with Crippen LogP contribution in [-0.4, -0.2) is 0 Å². The van der Waals surface area contributed by atoms with Gasteiger partial charge in [0.25, 0.3) is 0 Å². The smallest absolute Gasteiger partial charge is 0.0300 e. The van der Waals surface area contributed by atoms with Crippen molar-refractivity contribution in [2.45, 2.75) is 47.2 Å². The lowest BCUT2D eigenvalue weighted by Crippen LogP contribution is -2.20. The molecule has 0 spiro atoms. The first kappa shape index (κ1) is 14.8. The second-order valence-corrected chi connectivity index (χ2v) is 5.84. The number of nitrogens with one attached hydrogen (secondary N) is 1. The van der Waals surface area contributed by atoms with Crippen LogP contribution in [0.25, 0.3) is 0 Å². The molecular weight excluding hydrogens is 242 g/mol. The van der Waals surface area contributed by atoms with E-state index in [4.69, 9.17) is 0 Å². The Morgan fingerprint density at radius 1 is 0.900 bits per heavy atom. The predicted octanol–water partition coefficient (Wildman–Crippen LogP) is 4.77. The second kappa shape index (κ2) is 6.23. The molecule has 0 aliphatic rings. The largest absolute Gasteiger partial charge is 0.306 e. The van der Waals surface area contributed by atoms with Crippen LogP contribution < -0.4 is 5.32 Å². The maximum Gasteiger partial charge on any atom is 0.0300 e. The van der Waals surface area contributed by atoms with E-state index in [9.17, 15) is 0 Å². The van der Waals surface area contributed by atoms with E-state index < -0.39 is 0 Å². The Kier molecular flexibility index (Phi) is 4.61. The van der Waals surface area contributed by atoms with Crippen molar-refractivity contribution in [1.82, 2.24) is 5.32 Å². The van der Waals surface area contributed by atoms with Gasteiger partial charge >= 0.3 is 0 Å². The van der Waals surface area contributed by atoms with Crippen LogP contribution in [0.15, 0.2) is 36.4 Å². The summed E-state index contributed by atoms with van der Waals surface area (Å²) in [4.78, 5) is 0. The zero-order valence-corrected chi connectivity index (χ0v) is 13.2. The maximum atomic E-state index is 3.66. The van der Waals surface area contributed by atoms with Crippen LogP contribution >= 0.6 is 0 Å². The molecule has 0 radical (unpaired) electrons. The van der Waals surface area contributed by atoms with E-state index in [-0.39, 0.29) is 0 Å². The van der Waals surface area contributed by atoms with Crippen molar-refractivity contribution in [2.24, 2.45) is 0 Å². The second-order valence-electron chi connectivity index (χ2n) is 5.84. The quantitative estimate of drug-likeness (QED) is 0.841. The number of hydrogen-bond donors (Lipinski definition) is 1. The third-order valence-corrected chi connectivity index (χ3v) is 4.03. The van der Waals surface area contributed by atoms with E-state index in [1.54, 1.807) is 0 Å². The Labute approximate surface area is 123 Å². The first-order valence-electron chi connectivity index (χ1n) is 7.34. The topological polar surface area (TPSA) is 12.0 Å². The lowest BCUT2D eigenvalue weighted by atomic mass is 9.94. The third kappa shape index (κ3) is 3.29. The molecule has 1 N–H and O–H groups in total. The zero-order chi connectivity index (χ0) is 14.7. The average molecular weight is 267 g/mol. The number of rotatable bonds is 4. The molecular formula is C19H25N. The highest BCUT2D eigenvalue weighted by Crippen LogP contribution is 2.23. The van der Waals surface area contributed by atoms with Gasteiger partial charge in [0.05, 0.1) is 0 Å². The average Bonchev–Trinajstić information content (AvgIpc) is 2.36. The summed E-state index contributed by atoms with van der Waals surface area (Å²) in [5.74, 6) is 0. The molecule has 0 fully saturated rings. The normalized spacial score (nSPS) is 12.4. The van der Waals surface area contributed by atoms with Crippen molar-refractivity contribution in [3.05, 3.63) is 69.8 Å². The standard InChI is InChI=1S/C19H25N/c1-13-10-15(3)19(16(4)11-13)17(5)20-12-18-9-7-6-8-14(18)2/h6-11,17,20H,12H2,1-5H3. The van der Waals surface area contributed by atoms with Gasteiger partial charge in [0.15, 0.2) is 0 Å². The molecule has 1 heteroatoms. The molecule has 1 unspecified atom stereocenters. The van der Waals surface area contributed by atoms with Gasteiger partial charge < -0.3 is 5.32 Å². The SMILES string of the molecule is Cc1cc(C)c(C(C)NCc2ccccc2C)c(C)c1. The van der Waals surface area contributed by atoms with Gasteiger partial charge in [0.2, 0.25) is 0 Å². The summed E-state index contributed by atoms with van der Waals surface area (Å²) in [7, 11) is 0. The summed E-state index contributed by atoms with van der Waals surface area (Å²) in [6.45, 7) is 11.9. The molecule has 0 bridgehead atoms. The Bertz CT molecular complexity index is 575. The van der Waals surface area contributed by atoms with Crippen LogP contribution in [0, 0.1) is 27.7 Å². The molecule has 1 atom stereocenters. The Morgan fingerprint density at radius 3 is 2.10 bits per heavy atom. The highest BCUT2D eigenvalue weighted by Gasteiger charge is 2.11. The minimum absolute atomic E-state index is 0.371. The van der Waals surface area contributed by atoms with Crippen molar-refractivity contribution in [2.75, 3.05) is 0 Å². The van der Waals surface area contributed by atoms with E-state index in [2.05, 4.69) is 76.3 Å². The summed E-state index contributed by atoms with van der Waals surface area (Å²) >= 11 is 0. The summed E-state index contributed by atoms with van der Waals surface area (Å²) < 4.78 is 0. The lowest BCUT2D eigenvalue weighted by molar-refractivity contribution is 0.568. The Morgan fingerprint density at radius 2 is 1.50 bits per heavy atom. The highest BCUT2D eigenvalue weighted by molar-refractivity contribution is 5.39. The predicted molar refractivity (Wildman–Crippen MR) is 87.1 cm³/mol. The first-order valence-corrected chi connectivity index (χ1v) is 7.34. The monoisotopic (exact) mass is 267 g/mol. The third-order valence-electron chi connectivity index (χ3n) is 4.03. The number of benzene rings is 2. The van der Waals surface area contributed by atoms with E-state index in [0.29, 0.717) is 6.04 Å². The van der Waals surface area contributed by atoms with Gasteiger partial charge in [-0.15, -0.1) is 0 Å². The summed E-state index contributed by atoms with van der Waals surface area (Å²) in [5, 5.41) is 3.66. The fourth-order valence-electron chi connectivity index (χ4n) is 3.05. The van der Waals surface area contributed by atoms with Crippen LogP contribution in [0.1, 0.15) is 46.3 Å². The molecule has 0 saturated heterocycles.